The molecule has 54 heavy (non-hydrogen) atoms. The zero-order chi connectivity index (χ0) is 39.3. The molecular formula is C32H34N9O11S2+. The molecule has 5 heterocycles. The van der Waals surface area contributed by atoms with E-state index in [1.54, 1.807) is 22.9 Å². The molecule has 0 radical (unpaired) electrons. The van der Waals surface area contributed by atoms with E-state index in [0.717, 1.165) is 28.5 Å². The van der Waals surface area contributed by atoms with Gasteiger partial charge < -0.3 is 42.1 Å². The maximum Gasteiger partial charge on any atom is 0.352 e. The highest BCUT2D eigenvalue weighted by molar-refractivity contribution is 8.00. The number of hydrogen-bond donors (Lipinski definition) is 7. The third-order valence-corrected chi connectivity index (χ3v) is 10.2. The normalized spacial score (nSPS) is 17.5. The molecule has 3 atom stereocenters. The molecule has 22 heteroatoms. The van der Waals surface area contributed by atoms with Crippen LogP contribution in [0.4, 0.5) is 16.6 Å². The van der Waals surface area contributed by atoms with Crippen molar-refractivity contribution in [2.24, 2.45) is 11.1 Å². The van der Waals surface area contributed by atoms with Crippen LogP contribution in [0.5, 0.6) is 5.75 Å². The van der Waals surface area contributed by atoms with Crippen molar-refractivity contribution < 1.29 is 53.9 Å². The number of pyridine rings is 1. The number of nitrogens with zero attached hydrogens (tertiary/aromatic N) is 6. The van der Waals surface area contributed by atoms with Crippen LogP contribution in [0, 0.1) is 5.92 Å². The number of nitrogens with one attached hydrogen (secondary N) is 1. The van der Waals surface area contributed by atoms with Crippen molar-refractivity contribution in [2.75, 3.05) is 29.1 Å². The zero-order valence-electron chi connectivity index (χ0n) is 28.3. The molecule has 0 spiro atoms. The number of nitrogen functional groups attached to an aromatic ring is 2. The summed E-state index contributed by atoms with van der Waals surface area (Å²) in [5, 5.41) is 46.1. The van der Waals surface area contributed by atoms with Gasteiger partial charge in [0.15, 0.2) is 28.2 Å². The number of aromatic nitrogens is 4. The number of thioether (sulfide) groups is 1. The van der Waals surface area contributed by atoms with E-state index < -0.39 is 58.0 Å². The molecule has 0 aromatic carbocycles. The van der Waals surface area contributed by atoms with Gasteiger partial charge in [-0.15, -0.1) is 23.1 Å². The number of rotatable bonds is 17. The molecule has 9 N–H and O–H groups in total. The van der Waals surface area contributed by atoms with Crippen LogP contribution in [0.25, 0.3) is 0 Å². The number of ketones is 2. The smallest absolute Gasteiger partial charge is 0.352 e. The predicted octanol–water partition coefficient (Wildman–Crippen LogP) is 0.449. The van der Waals surface area contributed by atoms with Gasteiger partial charge in [0.25, 0.3) is 12.1 Å². The third-order valence-electron chi connectivity index (χ3n) is 8.14. The number of nitrogens with two attached hydrogens (primary N) is 2. The fourth-order valence-corrected chi connectivity index (χ4v) is 7.30. The van der Waals surface area contributed by atoms with Crippen molar-refractivity contribution in [3.8, 4) is 5.75 Å². The van der Waals surface area contributed by atoms with E-state index in [9.17, 15) is 44.2 Å². The Labute approximate surface area is 313 Å². The highest BCUT2D eigenvalue weighted by Gasteiger charge is 2.54. The first-order valence-corrected chi connectivity index (χ1v) is 17.9. The number of aromatic hydroxyl groups is 1. The van der Waals surface area contributed by atoms with Gasteiger partial charge in [0.05, 0.1) is 17.5 Å². The summed E-state index contributed by atoms with van der Waals surface area (Å²) in [4.78, 5) is 88.6. The van der Waals surface area contributed by atoms with Crippen LogP contribution in [-0.4, -0.2) is 99.0 Å². The van der Waals surface area contributed by atoms with Crippen LogP contribution in [0.15, 0.2) is 63.5 Å². The molecule has 1 amide bonds. The number of amides is 1. The van der Waals surface area contributed by atoms with Crippen LogP contribution in [0.3, 0.4) is 0 Å². The first-order valence-electron chi connectivity index (χ1n) is 16.0. The lowest BCUT2D eigenvalue weighted by molar-refractivity contribution is -0.689. The number of aliphatic carboxylic acids is 2. The first kappa shape index (κ1) is 38.9. The number of fused-ring (bicyclic) bond motifs is 1. The fourth-order valence-electron chi connectivity index (χ4n) is 5.36. The van der Waals surface area contributed by atoms with Crippen molar-refractivity contribution in [3.05, 3.63) is 75.2 Å². The number of β-lactam (4-membered cyclic amide) rings is 1. The molecule has 1 saturated heterocycles. The van der Waals surface area contributed by atoms with Crippen LogP contribution in [0.1, 0.15) is 42.4 Å². The van der Waals surface area contributed by atoms with Crippen molar-refractivity contribution in [1.29, 1.82) is 0 Å². The summed E-state index contributed by atoms with van der Waals surface area (Å²) >= 11 is 2.30. The number of Topliss-reactive ketones (excluding diaryl/α,β-unsaturated/α-hetero) is 2. The number of carbonyl (C=O) groups is 5. The van der Waals surface area contributed by atoms with Gasteiger partial charge in [0, 0.05) is 36.6 Å². The molecule has 2 aliphatic heterocycles. The Morgan fingerprint density at radius 2 is 2.00 bits per heavy atom. The topological polar surface area (TPSA) is 307 Å². The second-order valence-corrected chi connectivity index (χ2v) is 13.9. The molecular weight excluding hydrogens is 751 g/mol. The van der Waals surface area contributed by atoms with E-state index in [4.69, 9.17) is 21.4 Å². The number of carboxylic acid groups (broad SMARTS) is 2. The van der Waals surface area contributed by atoms with Gasteiger partial charge in [0.1, 0.15) is 35.5 Å². The summed E-state index contributed by atoms with van der Waals surface area (Å²) in [5.41, 5.74) is 11.0. The Balaban J connectivity index is 1.20. The van der Waals surface area contributed by atoms with Gasteiger partial charge in [0.2, 0.25) is 17.4 Å². The number of hydrogen-bond acceptors (Lipinski definition) is 17. The second kappa shape index (κ2) is 16.6. The SMILES string of the molecule is C[C@H](O/N=C(\C(=O)C[C@@H]1C(=O)N2C(C(=O)O)=C(/C=C/C[n+]3cnc(N)c(NCCCC(=O)c4cc(=O)c(O)cn4O)c3)CSC12)c1csc(N)n1)C(=O)O. The number of carbonyl (C=O) groups excluding carboxylic acids is 3. The van der Waals surface area contributed by atoms with Crippen molar-refractivity contribution >= 4 is 74.9 Å². The second-order valence-electron chi connectivity index (χ2n) is 11.9. The third kappa shape index (κ3) is 8.66. The van der Waals surface area contributed by atoms with Crippen molar-refractivity contribution in [1.82, 2.24) is 19.6 Å². The van der Waals surface area contributed by atoms with E-state index in [1.165, 1.54) is 30.4 Å². The fraction of sp³-hybridized carbons (Fsp3) is 0.312. The Morgan fingerprint density at radius 1 is 1.24 bits per heavy atom. The van der Waals surface area contributed by atoms with Crippen LogP contribution in [0.2, 0.25) is 0 Å². The van der Waals surface area contributed by atoms with Crippen molar-refractivity contribution in [2.45, 2.75) is 44.2 Å². The minimum Gasteiger partial charge on any atom is -0.503 e. The largest absolute Gasteiger partial charge is 0.503 e. The Morgan fingerprint density at radius 3 is 2.69 bits per heavy atom. The lowest BCUT2D eigenvalue weighted by atomic mass is 9.89. The number of carboxylic acids is 2. The highest BCUT2D eigenvalue weighted by atomic mass is 32.2. The van der Waals surface area contributed by atoms with Gasteiger partial charge in [-0.3, -0.25) is 24.1 Å². The summed E-state index contributed by atoms with van der Waals surface area (Å²) in [7, 11) is 0. The van der Waals surface area contributed by atoms with E-state index in [-0.39, 0.29) is 65.4 Å². The Hall–Kier alpha value is -6.29. The van der Waals surface area contributed by atoms with Gasteiger partial charge >= 0.3 is 11.9 Å². The van der Waals surface area contributed by atoms with Gasteiger partial charge in [-0.2, -0.15) is 4.73 Å². The summed E-state index contributed by atoms with van der Waals surface area (Å²) < 4.78 is 2.05. The quantitative estimate of drug-likeness (QED) is 0.0186. The number of anilines is 3. The van der Waals surface area contributed by atoms with Crippen LogP contribution < -0.4 is 26.8 Å². The molecule has 1 fully saturated rings. The van der Waals surface area contributed by atoms with Gasteiger partial charge in [-0.05, 0) is 30.0 Å². The molecule has 3 aromatic rings. The molecule has 2 aliphatic rings. The van der Waals surface area contributed by atoms with Crippen molar-refractivity contribution in [3.63, 3.8) is 0 Å². The maximum atomic E-state index is 13.3. The average Bonchev–Trinajstić information content (AvgIpc) is 3.56. The van der Waals surface area contributed by atoms with E-state index in [0.29, 0.717) is 22.4 Å². The lowest BCUT2D eigenvalue weighted by Gasteiger charge is -2.49. The summed E-state index contributed by atoms with van der Waals surface area (Å²) in [6.07, 6.45) is 5.66. The number of thiazole rings is 1. The number of oxime groups is 1. The Bertz CT molecular complexity index is 2160. The van der Waals surface area contributed by atoms with E-state index in [2.05, 4.69) is 20.4 Å². The molecule has 0 bridgehead atoms. The maximum absolute atomic E-state index is 13.3. The monoisotopic (exact) mass is 784 g/mol. The minimum absolute atomic E-state index is 0.0303. The Kier molecular flexibility index (Phi) is 12.0. The van der Waals surface area contributed by atoms with Crippen LogP contribution >= 0.6 is 23.1 Å². The molecule has 3 aromatic heterocycles. The van der Waals surface area contributed by atoms with Crippen LogP contribution in [-0.2, 0) is 30.6 Å². The lowest BCUT2D eigenvalue weighted by Crippen LogP contribution is -2.62. The molecule has 5 rings (SSSR count). The summed E-state index contributed by atoms with van der Waals surface area (Å²) in [6, 6.07) is 0.849. The zero-order valence-corrected chi connectivity index (χ0v) is 30.0. The highest BCUT2D eigenvalue weighted by Crippen LogP contribution is 2.45. The van der Waals surface area contributed by atoms with Gasteiger partial charge in [-0.1, -0.05) is 11.2 Å². The minimum atomic E-state index is -1.37. The van der Waals surface area contributed by atoms with E-state index >= 15 is 0 Å². The molecule has 1 unspecified atom stereocenters. The summed E-state index contributed by atoms with van der Waals surface area (Å²) in [6.45, 7) is 1.73. The first-order chi connectivity index (χ1) is 25.7. The molecule has 0 saturated carbocycles. The molecule has 284 valence electrons. The van der Waals surface area contributed by atoms with E-state index in [1.807, 2.05) is 0 Å². The predicted molar refractivity (Wildman–Crippen MR) is 192 cm³/mol. The molecule has 20 nitrogen and oxygen atoms in total. The number of allylic oxidation sites excluding steroid dienone is 2. The van der Waals surface area contributed by atoms with Gasteiger partial charge in [-0.25, -0.2) is 19.1 Å². The summed E-state index contributed by atoms with van der Waals surface area (Å²) in [5.74, 6) is -5.58. The average molecular weight is 785 g/mol. The molecule has 0 aliphatic carbocycles. The standard InChI is InChI=1S/C32H33N9O11S2/c1-15(30(47)48)52-38-25(19-13-54-32(34)37-19)23(44)8-17-28(46)41-26(31(49)50)16(12-53-29(17)41)4-3-7-39-10-18(27(33)36-14-39)35-6-2-5-21(42)20-9-22(43)24(45)11-40(20)51/h3-4,9-11,13-15,17,29,33,35,51H,2,5-8,12H2,1H3,(H5,34,37,45,47,48,49,50)/p+1/b4-3+,38-25-/t15-,17+,29?/m0/s1.